The molecule has 0 bridgehead atoms. The SMILES string of the molecule is CN(Cc1noc(C2CC2)n1)C[C@@H]1C[C@H](F)CN1Cc1nccs1. The Balaban J connectivity index is 1.33. The number of aromatic nitrogens is 3. The Labute approximate surface area is 144 Å². The fourth-order valence-corrected chi connectivity index (χ4v) is 3.95. The Morgan fingerprint density at radius 3 is 3.08 bits per heavy atom. The standard InChI is InChI=1S/C16H22FN5OS/c1-21(9-14-19-16(23-20-14)11-2-3-11)8-13-6-12(17)7-22(13)10-15-18-4-5-24-15/h4-5,11-13H,2-3,6-10H2,1H3/t12-,13-/m0/s1. The van der Waals surface area contributed by atoms with Crippen LogP contribution >= 0.6 is 11.3 Å². The number of likely N-dealkylation sites (N-methyl/N-ethyl adjacent to an activating group) is 1. The molecule has 1 saturated heterocycles. The predicted octanol–water partition coefficient (Wildman–Crippen LogP) is 2.45. The second kappa shape index (κ2) is 6.85. The van der Waals surface area contributed by atoms with E-state index in [0.29, 0.717) is 25.4 Å². The largest absolute Gasteiger partial charge is 0.339 e. The molecule has 3 heterocycles. The van der Waals surface area contributed by atoms with Crippen molar-refractivity contribution >= 4 is 11.3 Å². The van der Waals surface area contributed by atoms with Gasteiger partial charge in [0.25, 0.3) is 0 Å². The minimum atomic E-state index is -0.755. The zero-order valence-corrected chi connectivity index (χ0v) is 14.6. The van der Waals surface area contributed by atoms with Crippen LogP contribution in [0.3, 0.4) is 0 Å². The first kappa shape index (κ1) is 16.1. The topological polar surface area (TPSA) is 58.3 Å². The van der Waals surface area contributed by atoms with Crippen LogP contribution in [0, 0.1) is 0 Å². The summed E-state index contributed by atoms with van der Waals surface area (Å²) in [5.74, 6) is 1.97. The van der Waals surface area contributed by atoms with Crippen LogP contribution in [0.5, 0.6) is 0 Å². The maximum Gasteiger partial charge on any atom is 0.229 e. The van der Waals surface area contributed by atoms with Crippen LogP contribution in [0.2, 0.25) is 0 Å². The van der Waals surface area contributed by atoms with Crippen molar-refractivity contribution in [1.29, 1.82) is 0 Å². The summed E-state index contributed by atoms with van der Waals surface area (Å²) in [5.41, 5.74) is 0. The Bertz CT molecular complexity index is 659. The molecule has 0 aromatic carbocycles. The molecule has 2 aromatic heterocycles. The van der Waals surface area contributed by atoms with E-state index in [4.69, 9.17) is 4.52 Å². The summed E-state index contributed by atoms with van der Waals surface area (Å²) in [4.78, 5) is 13.1. The molecule has 1 saturated carbocycles. The number of thiazole rings is 1. The Kier molecular flexibility index (Phi) is 4.60. The number of rotatable bonds is 7. The first-order valence-electron chi connectivity index (χ1n) is 8.45. The van der Waals surface area contributed by atoms with E-state index in [9.17, 15) is 4.39 Å². The third-order valence-corrected chi connectivity index (χ3v) is 5.41. The number of hydrogen-bond donors (Lipinski definition) is 0. The van der Waals surface area contributed by atoms with E-state index >= 15 is 0 Å². The van der Waals surface area contributed by atoms with Crippen molar-refractivity contribution in [3.63, 3.8) is 0 Å². The van der Waals surface area contributed by atoms with E-state index in [2.05, 4.69) is 24.9 Å². The second-order valence-electron chi connectivity index (χ2n) is 6.86. The van der Waals surface area contributed by atoms with Crippen LogP contribution < -0.4 is 0 Å². The summed E-state index contributed by atoms with van der Waals surface area (Å²) in [5, 5.41) is 7.07. The Morgan fingerprint density at radius 2 is 2.33 bits per heavy atom. The van der Waals surface area contributed by atoms with Gasteiger partial charge >= 0.3 is 0 Å². The average molecular weight is 351 g/mol. The van der Waals surface area contributed by atoms with E-state index in [-0.39, 0.29) is 6.04 Å². The number of nitrogens with zero attached hydrogens (tertiary/aromatic N) is 5. The van der Waals surface area contributed by atoms with Crippen LogP contribution in [0.1, 0.15) is 41.9 Å². The third kappa shape index (κ3) is 3.81. The van der Waals surface area contributed by atoms with E-state index in [1.807, 2.05) is 12.4 Å². The molecular weight excluding hydrogens is 329 g/mol. The highest BCUT2D eigenvalue weighted by Crippen LogP contribution is 2.38. The molecule has 8 heteroatoms. The molecule has 4 rings (SSSR count). The molecule has 1 aliphatic heterocycles. The van der Waals surface area contributed by atoms with Crippen molar-refractivity contribution < 1.29 is 8.91 Å². The summed E-state index contributed by atoms with van der Waals surface area (Å²) in [7, 11) is 2.03. The van der Waals surface area contributed by atoms with Gasteiger partial charge in [0.05, 0.1) is 13.1 Å². The molecule has 24 heavy (non-hydrogen) atoms. The molecule has 6 nitrogen and oxygen atoms in total. The van der Waals surface area contributed by atoms with Gasteiger partial charge in [0.2, 0.25) is 5.89 Å². The zero-order chi connectivity index (χ0) is 16.5. The molecule has 2 aliphatic rings. The molecule has 0 unspecified atom stereocenters. The van der Waals surface area contributed by atoms with Gasteiger partial charge in [-0.2, -0.15) is 4.98 Å². The van der Waals surface area contributed by atoms with Gasteiger partial charge in [0.1, 0.15) is 11.2 Å². The molecule has 130 valence electrons. The molecule has 0 amide bonds. The van der Waals surface area contributed by atoms with Crippen molar-refractivity contribution in [2.24, 2.45) is 0 Å². The predicted molar refractivity (Wildman–Crippen MR) is 88.4 cm³/mol. The molecular formula is C16H22FN5OS. The highest BCUT2D eigenvalue weighted by atomic mass is 32.1. The molecule has 2 aromatic rings. The zero-order valence-electron chi connectivity index (χ0n) is 13.8. The van der Waals surface area contributed by atoms with Crippen molar-refractivity contribution in [3.05, 3.63) is 28.3 Å². The maximum atomic E-state index is 13.9. The summed E-state index contributed by atoms with van der Waals surface area (Å²) in [6.45, 7) is 2.64. The number of halogens is 1. The Hall–Kier alpha value is -1.38. The van der Waals surface area contributed by atoms with Gasteiger partial charge in [-0.25, -0.2) is 9.37 Å². The van der Waals surface area contributed by atoms with E-state index < -0.39 is 6.17 Å². The van der Waals surface area contributed by atoms with Gasteiger partial charge in [0.15, 0.2) is 5.82 Å². The van der Waals surface area contributed by atoms with Crippen molar-refractivity contribution in [2.45, 2.75) is 50.5 Å². The summed E-state index contributed by atoms with van der Waals surface area (Å²) in [6.07, 6.45) is 3.94. The second-order valence-corrected chi connectivity index (χ2v) is 7.84. The highest BCUT2D eigenvalue weighted by Gasteiger charge is 2.33. The van der Waals surface area contributed by atoms with Gasteiger partial charge in [-0.05, 0) is 26.3 Å². The third-order valence-electron chi connectivity index (χ3n) is 4.64. The minimum absolute atomic E-state index is 0.198. The average Bonchev–Trinajstić information content (AvgIpc) is 2.93. The van der Waals surface area contributed by atoms with Crippen LogP contribution in [0.4, 0.5) is 4.39 Å². The number of likely N-dealkylation sites (tertiary alicyclic amines) is 1. The van der Waals surface area contributed by atoms with E-state index in [1.54, 1.807) is 17.5 Å². The summed E-state index contributed by atoms with van der Waals surface area (Å²) >= 11 is 1.62. The van der Waals surface area contributed by atoms with Crippen LogP contribution in [-0.4, -0.2) is 57.3 Å². The van der Waals surface area contributed by atoms with Crippen LogP contribution in [0.25, 0.3) is 0 Å². The first-order chi connectivity index (χ1) is 11.7. The first-order valence-corrected chi connectivity index (χ1v) is 9.33. The van der Waals surface area contributed by atoms with Crippen LogP contribution in [0.15, 0.2) is 16.1 Å². The number of alkyl halides is 1. The smallest absolute Gasteiger partial charge is 0.229 e. The molecule has 0 radical (unpaired) electrons. The lowest BCUT2D eigenvalue weighted by atomic mass is 10.2. The van der Waals surface area contributed by atoms with Crippen molar-refractivity contribution in [1.82, 2.24) is 24.9 Å². The fraction of sp³-hybridized carbons (Fsp3) is 0.688. The van der Waals surface area contributed by atoms with Crippen molar-refractivity contribution in [2.75, 3.05) is 20.1 Å². The molecule has 1 aliphatic carbocycles. The summed E-state index contributed by atoms with van der Waals surface area (Å²) < 4.78 is 19.2. The molecule has 0 N–H and O–H groups in total. The van der Waals surface area contributed by atoms with Gasteiger partial charge in [-0.1, -0.05) is 5.16 Å². The lowest BCUT2D eigenvalue weighted by molar-refractivity contribution is 0.178. The van der Waals surface area contributed by atoms with Crippen molar-refractivity contribution in [3.8, 4) is 0 Å². The van der Waals surface area contributed by atoms with Gasteiger partial charge < -0.3 is 4.52 Å². The monoisotopic (exact) mass is 351 g/mol. The molecule has 0 spiro atoms. The minimum Gasteiger partial charge on any atom is -0.339 e. The molecule has 2 fully saturated rings. The van der Waals surface area contributed by atoms with E-state index in [1.165, 1.54) is 0 Å². The van der Waals surface area contributed by atoms with Gasteiger partial charge in [-0.15, -0.1) is 11.3 Å². The summed E-state index contributed by atoms with van der Waals surface area (Å²) in [6, 6.07) is 0.198. The van der Waals surface area contributed by atoms with E-state index in [0.717, 1.165) is 42.7 Å². The van der Waals surface area contributed by atoms with Gasteiger partial charge in [0, 0.05) is 36.6 Å². The van der Waals surface area contributed by atoms with Crippen LogP contribution in [-0.2, 0) is 13.1 Å². The lowest BCUT2D eigenvalue weighted by Gasteiger charge is -2.27. The normalized spacial score (nSPS) is 25.0. The van der Waals surface area contributed by atoms with Gasteiger partial charge in [-0.3, -0.25) is 9.80 Å². The highest BCUT2D eigenvalue weighted by molar-refractivity contribution is 7.09. The Morgan fingerprint density at radius 1 is 1.46 bits per heavy atom. The lowest BCUT2D eigenvalue weighted by Crippen LogP contribution is -2.38. The molecule has 2 atom stereocenters. The number of hydrogen-bond acceptors (Lipinski definition) is 7. The fourth-order valence-electron chi connectivity index (χ4n) is 3.30. The maximum absolute atomic E-state index is 13.9. The quantitative estimate of drug-likeness (QED) is 0.764.